The van der Waals surface area contributed by atoms with Crippen LogP contribution in [0.5, 0.6) is 0 Å². The van der Waals surface area contributed by atoms with Gasteiger partial charge in [0, 0.05) is 30.4 Å². The Morgan fingerprint density at radius 2 is 1.64 bits per heavy atom. The Labute approximate surface area is 146 Å². The molecule has 0 atom stereocenters. The zero-order chi connectivity index (χ0) is 18.4. The molecule has 7 nitrogen and oxygen atoms in total. The second-order valence-corrected chi connectivity index (χ2v) is 7.16. The lowest BCUT2D eigenvalue weighted by atomic mass is 10.1. The Hall–Kier alpha value is -2.87. The summed E-state index contributed by atoms with van der Waals surface area (Å²) >= 11 is 0. The van der Waals surface area contributed by atoms with Gasteiger partial charge in [0.05, 0.1) is 6.26 Å². The third-order valence-electron chi connectivity index (χ3n) is 3.32. The van der Waals surface area contributed by atoms with E-state index in [-0.39, 0.29) is 18.4 Å². The van der Waals surface area contributed by atoms with Gasteiger partial charge in [-0.1, -0.05) is 18.2 Å². The summed E-state index contributed by atoms with van der Waals surface area (Å²) < 4.78 is 24.8. The van der Waals surface area contributed by atoms with Gasteiger partial charge in [-0.05, 0) is 35.9 Å². The molecule has 0 saturated carbocycles. The molecule has 2 aromatic carbocycles. The van der Waals surface area contributed by atoms with E-state index in [4.69, 9.17) is 0 Å². The van der Waals surface area contributed by atoms with Crippen LogP contribution in [0.1, 0.15) is 26.3 Å². The SMILES string of the molecule is CNC(=O)c1ccc(CNC(=O)c2cccc(NS(C)(=O)=O)c2)cc1. The van der Waals surface area contributed by atoms with Gasteiger partial charge >= 0.3 is 0 Å². The molecule has 8 heteroatoms. The fourth-order valence-corrected chi connectivity index (χ4v) is 2.70. The topological polar surface area (TPSA) is 104 Å². The molecule has 0 bridgehead atoms. The molecule has 0 unspecified atom stereocenters. The van der Waals surface area contributed by atoms with Crippen molar-refractivity contribution in [2.45, 2.75) is 6.54 Å². The second kappa shape index (κ2) is 7.80. The Kier molecular flexibility index (Phi) is 5.76. The first-order valence-corrected chi connectivity index (χ1v) is 9.35. The number of rotatable bonds is 6. The van der Waals surface area contributed by atoms with Crippen LogP contribution in [0, 0.1) is 0 Å². The average Bonchev–Trinajstić information content (AvgIpc) is 2.58. The maximum atomic E-state index is 12.2. The van der Waals surface area contributed by atoms with Crippen LogP contribution >= 0.6 is 0 Å². The van der Waals surface area contributed by atoms with Gasteiger partial charge in [0.15, 0.2) is 0 Å². The number of anilines is 1. The van der Waals surface area contributed by atoms with Crippen molar-refractivity contribution < 1.29 is 18.0 Å². The maximum Gasteiger partial charge on any atom is 0.251 e. The summed E-state index contributed by atoms with van der Waals surface area (Å²) in [6, 6.07) is 13.1. The van der Waals surface area contributed by atoms with Crippen LogP contribution in [0.25, 0.3) is 0 Å². The van der Waals surface area contributed by atoms with E-state index in [1.54, 1.807) is 49.5 Å². The first-order chi connectivity index (χ1) is 11.8. The van der Waals surface area contributed by atoms with Gasteiger partial charge in [-0.2, -0.15) is 0 Å². The van der Waals surface area contributed by atoms with Crippen molar-refractivity contribution in [1.29, 1.82) is 0 Å². The number of carbonyl (C=O) groups is 2. The number of sulfonamides is 1. The van der Waals surface area contributed by atoms with Crippen LogP contribution in [0.2, 0.25) is 0 Å². The number of benzene rings is 2. The minimum atomic E-state index is -3.40. The van der Waals surface area contributed by atoms with Crippen LogP contribution in [-0.2, 0) is 16.6 Å². The van der Waals surface area contributed by atoms with Crippen molar-refractivity contribution in [3.63, 3.8) is 0 Å². The molecule has 0 spiro atoms. The molecule has 3 N–H and O–H groups in total. The second-order valence-electron chi connectivity index (χ2n) is 5.41. The highest BCUT2D eigenvalue weighted by molar-refractivity contribution is 7.92. The van der Waals surface area contributed by atoms with Gasteiger partial charge in [0.1, 0.15) is 0 Å². The number of hydrogen-bond donors (Lipinski definition) is 3. The van der Waals surface area contributed by atoms with Crippen molar-refractivity contribution in [2.24, 2.45) is 0 Å². The monoisotopic (exact) mass is 361 g/mol. The Morgan fingerprint density at radius 1 is 0.960 bits per heavy atom. The smallest absolute Gasteiger partial charge is 0.251 e. The zero-order valence-corrected chi connectivity index (χ0v) is 14.7. The van der Waals surface area contributed by atoms with E-state index in [0.29, 0.717) is 16.8 Å². The summed E-state index contributed by atoms with van der Waals surface area (Å²) in [5, 5.41) is 5.29. The van der Waals surface area contributed by atoms with E-state index in [9.17, 15) is 18.0 Å². The molecule has 0 saturated heterocycles. The van der Waals surface area contributed by atoms with Crippen molar-refractivity contribution >= 4 is 27.5 Å². The van der Waals surface area contributed by atoms with E-state index in [1.165, 1.54) is 6.07 Å². The van der Waals surface area contributed by atoms with Crippen LogP contribution in [-0.4, -0.2) is 33.5 Å². The quantitative estimate of drug-likeness (QED) is 0.722. The van der Waals surface area contributed by atoms with Crippen LogP contribution < -0.4 is 15.4 Å². The third-order valence-corrected chi connectivity index (χ3v) is 3.93. The third kappa shape index (κ3) is 5.61. The van der Waals surface area contributed by atoms with Gasteiger partial charge in [0.25, 0.3) is 11.8 Å². The Balaban J connectivity index is 2.00. The molecule has 0 fully saturated rings. The summed E-state index contributed by atoms with van der Waals surface area (Å²) in [4.78, 5) is 23.7. The van der Waals surface area contributed by atoms with Crippen LogP contribution in [0.3, 0.4) is 0 Å². The van der Waals surface area contributed by atoms with Crippen molar-refractivity contribution in [1.82, 2.24) is 10.6 Å². The van der Waals surface area contributed by atoms with Gasteiger partial charge in [-0.3, -0.25) is 14.3 Å². The molecule has 2 amide bonds. The molecule has 0 radical (unpaired) electrons. The highest BCUT2D eigenvalue weighted by Crippen LogP contribution is 2.12. The fraction of sp³-hybridized carbons (Fsp3) is 0.176. The zero-order valence-electron chi connectivity index (χ0n) is 13.9. The molecule has 0 aliphatic rings. The largest absolute Gasteiger partial charge is 0.355 e. The standard InChI is InChI=1S/C17H19N3O4S/c1-18-16(21)13-8-6-12(7-9-13)11-19-17(22)14-4-3-5-15(10-14)20-25(2,23)24/h3-10,20H,11H2,1-2H3,(H,18,21)(H,19,22). The first-order valence-electron chi connectivity index (χ1n) is 7.45. The molecule has 25 heavy (non-hydrogen) atoms. The summed E-state index contributed by atoms with van der Waals surface area (Å²) in [6.07, 6.45) is 1.04. The summed E-state index contributed by atoms with van der Waals surface area (Å²) in [5.74, 6) is -0.502. The number of amides is 2. The van der Waals surface area contributed by atoms with Crippen molar-refractivity contribution in [3.05, 3.63) is 65.2 Å². The fourth-order valence-electron chi connectivity index (χ4n) is 2.14. The van der Waals surface area contributed by atoms with E-state index < -0.39 is 10.0 Å². The Morgan fingerprint density at radius 3 is 2.24 bits per heavy atom. The normalized spacial score (nSPS) is 10.8. The van der Waals surface area contributed by atoms with Gasteiger partial charge in [-0.25, -0.2) is 8.42 Å². The van der Waals surface area contributed by atoms with Gasteiger partial charge in [0.2, 0.25) is 10.0 Å². The number of carbonyl (C=O) groups excluding carboxylic acids is 2. The maximum absolute atomic E-state index is 12.2. The highest BCUT2D eigenvalue weighted by Gasteiger charge is 2.09. The van der Waals surface area contributed by atoms with Gasteiger partial charge < -0.3 is 10.6 Å². The molecule has 2 aromatic rings. The Bertz CT molecular complexity index is 877. The molecule has 0 heterocycles. The summed E-state index contributed by atoms with van der Waals surface area (Å²) in [6.45, 7) is 0.288. The summed E-state index contributed by atoms with van der Waals surface area (Å²) in [7, 11) is -1.84. The van der Waals surface area contributed by atoms with E-state index >= 15 is 0 Å². The molecule has 0 aliphatic carbocycles. The molecular formula is C17H19N3O4S. The van der Waals surface area contributed by atoms with Gasteiger partial charge in [-0.15, -0.1) is 0 Å². The highest BCUT2D eigenvalue weighted by atomic mass is 32.2. The van der Waals surface area contributed by atoms with Crippen LogP contribution in [0.4, 0.5) is 5.69 Å². The number of hydrogen-bond acceptors (Lipinski definition) is 4. The van der Waals surface area contributed by atoms with E-state index in [2.05, 4.69) is 15.4 Å². The molecule has 0 aromatic heterocycles. The predicted octanol–water partition coefficient (Wildman–Crippen LogP) is 1.35. The van der Waals surface area contributed by atoms with E-state index in [1.807, 2.05) is 0 Å². The average molecular weight is 361 g/mol. The van der Waals surface area contributed by atoms with Crippen molar-refractivity contribution in [2.75, 3.05) is 18.0 Å². The van der Waals surface area contributed by atoms with E-state index in [0.717, 1.165) is 11.8 Å². The van der Waals surface area contributed by atoms with Crippen LogP contribution in [0.15, 0.2) is 48.5 Å². The predicted molar refractivity (Wildman–Crippen MR) is 95.9 cm³/mol. The molecular weight excluding hydrogens is 342 g/mol. The molecule has 0 aliphatic heterocycles. The minimum absolute atomic E-state index is 0.175. The summed E-state index contributed by atoms with van der Waals surface area (Å²) in [5.41, 5.74) is 2.05. The molecule has 132 valence electrons. The lowest BCUT2D eigenvalue weighted by Gasteiger charge is -2.08. The lowest BCUT2D eigenvalue weighted by Crippen LogP contribution is -2.23. The first kappa shape index (κ1) is 18.5. The van der Waals surface area contributed by atoms with Crippen molar-refractivity contribution in [3.8, 4) is 0 Å². The molecule has 2 rings (SSSR count). The lowest BCUT2D eigenvalue weighted by molar-refractivity contribution is 0.0946. The minimum Gasteiger partial charge on any atom is -0.355 e. The number of nitrogens with one attached hydrogen (secondary N) is 3.